The molecule has 22 heteroatoms. The fourth-order valence-corrected chi connectivity index (χ4v) is 7.64. The molecule has 0 aliphatic heterocycles. The zero-order valence-electron chi connectivity index (χ0n) is 29.9. The molecule has 0 aliphatic rings. The molecule has 0 aromatic heterocycles. The number of fused-ring (bicyclic) bond motifs is 2. The molecule has 6 aromatic rings. The maximum Gasteiger partial charge on any atom is 0.323 e. The van der Waals surface area contributed by atoms with Crippen LogP contribution in [0.15, 0.2) is 126 Å². The van der Waals surface area contributed by atoms with Crippen LogP contribution in [-0.4, -0.2) is 62.3 Å². The van der Waals surface area contributed by atoms with Gasteiger partial charge in [-0.3, -0.25) is 13.7 Å². The van der Waals surface area contributed by atoms with Gasteiger partial charge in [-0.05, 0) is 96.1 Å². The van der Waals surface area contributed by atoms with E-state index in [0.717, 1.165) is 24.3 Å². The molecule has 0 aliphatic carbocycles. The minimum atomic E-state index is -5.03. The SMILES string of the molecule is COc1ccccc1CN=Nc1c(S(=O)(=O)O)cc2cc(NC(=O)Nc3ccc4c(O)c(N=Nc5ccc(S(=O)(=O)O)cc5C)c(S(=O)(=O)O)cc4c3)ccc2c1O. The summed E-state index contributed by atoms with van der Waals surface area (Å²) >= 11 is 0. The van der Waals surface area contributed by atoms with E-state index < -0.39 is 73.9 Å². The van der Waals surface area contributed by atoms with Crippen molar-refractivity contribution in [2.24, 2.45) is 20.5 Å². The van der Waals surface area contributed by atoms with Gasteiger partial charge in [-0.15, -0.1) is 5.11 Å². The highest BCUT2D eigenvalue weighted by Gasteiger charge is 2.24. The summed E-state index contributed by atoms with van der Waals surface area (Å²) in [6, 6.07) is 19.4. The molecule has 0 fully saturated rings. The number of aryl methyl sites for hydroxylation is 1. The summed E-state index contributed by atoms with van der Waals surface area (Å²) in [5, 5.41) is 43.0. The van der Waals surface area contributed by atoms with Crippen molar-refractivity contribution in [3.63, 3.8) is 0 Å². The number of nitrogens with one attached hydrogen (secondary N) is 2. The molecule has 0 bridgehead atoms. The van der Waals surface area contributed by atoms with Crippen molar-refractivity contribution in [1.82, 2.24) is 0 Å². The summed E-state index contributed by atoms with van der Waals surface area (Å²) < 4.78 is 107. The van der Waals surface area contributed by atoms with Crippen LogP contribution in [0, 0.1) is 6.92 Å². The Morgan fingerprint density at radius 2 is 1.19 bits per heavy atom. The van der Waals surface area contributed by atoms with E-state index in [2.05, 4.69) is 31.1 Å². The van der Waals surface area contributed by atoms with Crippen LogP contribution in [0.2, 0.25) is 0 Å². The van der Waals surface area contributed by atoms with Gasteiger partial charge in [0.05, 0.1) is 24.2 Å². The Balaban J connectivity index is 1.25. The number of benzene rings is 6. The van der Waals surface area contributed by atoms with Gasteiger partial charge in [0.2, 0.25) is 0 Å². The van der Waals surface area contributed by atoms with E-state index in [1.54, 1.807) is 24.3 Å². The predicted octanol–water partition coefficient (Wildman–Crippen LogP) is 7.80. The number of rotatable bonds is 11. The van der Waals surface area contributed by atoms with Crippen LogP contribution in [0.25, 0.3) is 21.5 Å². The van der Waals surface area contributed by atoms with Crippen molar-refractivity contribution in [2.45, 2.75) is 28.2 Å². The average molecular weight is 851 g/mol. The molecule has 6 rings (SSSR count). The quantitative estimate of drug-likeness (QED) is 0.0484. The van der Waals surface area contributed by atoms with E-state index in [1.165, 1.54) is 56.5 Å². The first kappa shape index (κ1) is 41.1. The standard InChI is InChI=1S/C36H30N6O13S3/c1-19-13-25(56(46,47)48)9-12-28(19)40-42-33-31(58(52,53)54)17-22-15-24(8-11-27(22)35(33)44)39-36(45)38-23-7-10-26-21(14-23)16-30(57(49,50)51)32(34(26)43)41-37-18-20-5-3-4-6-29(20)55-2/h3-17,43-44H,18H2,1-2H3,(H2,38,39,45)(H,46,47,48)(H,49,50,51)(H,52,53,54). The van der Waals surface area contributed by atoms with Crippen LogP contribution < -0.4 is 15.4 Å². The maximum absolute atomic E-state index is 13.0. The fourth-order valence-electron chi connectivity index (χ4n) is 5.76. The number of hydrogen-bond acceptors (Lipinski definition) is 14. The third-order valence-corrected chi connectivity index (χ3v) is 11.1. The third-order valence-electron chi connectivity index (χ3n) is 8.50. The molecule has 7 N–H and O–H groups in total. The first-order valence-electron chi connectivity index (χ1n) is 16.4. The number of anilines is 2. The maximum atomic E-state index is 13.0. The van der Waals surface area contributed by atoms with E-state index in [1.807, 2.05) is 0 Å². The van der Waals surface area contributed by atoms with Crippen LogP contribution in [0.5, 0.6) is 17.2 Å². The molecule has 0 saturated heterocycles. The highest BCUT2D eigenvalue weighted by atomic mass is 32.2. The van der Waals surface area contributed by atoms with Gasteiger partial charge in [0.25, 0.3) is 30.4 Å². The van der Waals surface area contributed by atoms with Crippen molar-refractivity contribution in [3.05, 3.63) is 102 Å². The Morgan fingerprint density at radius 3 is 1.69 bits per heavy atom. The Bertz CT molecular complexity index is 3070. The van der Waals surface area contributed by atoms with Gasteiger partial charge >= 0.3 is 6.03 Å². The molecule has 0 radical (unpaired) electrons. The number of carbonyl (C=O) groups is 1. The van der Waals surface area contributed by atoms with Crippen LogP contribution in [0.1, 0.15) is 11.1 Å². The van der Waals surface area contributed by atoms with Crippen LogP contribution in [-0.2, 0) is 36.9 Å². The number of aromatic hydroxyl groups is 2. The van der Waals surface area contributed by atoms with Gasteiger partial charge in [-0.2, -0.15) is 40.6 Å². The van der Waals surface area contributed by atoms with Crippen molar-refractivity contribution < 1.29 is 58.7 Å². The summed E-state index contributed by atoms with van der Waals surface area (Å²) in [6.45, 7) is 1.40. The van der Waals surface area contributed by atoms with Gasteiger partial charge in [0.1, 0.15) is 26.9 Å². The number of hydrogen-bond donors (Lipinski definition) is 7. The normalized spacial score (nSPS) is 12.4. The molecule has 0 spiro atoms. The van der Waals surface area contributed by atoms with E-state index >= 15 is 0 Å². The van der Waals surface area contributed by atoms with Crippen molar-refractivity contribution in [1.29, 1.82) is 0 Å². The van der Waals surface area contributed by atoms with Gasteiger partial charge in [-0.25, -0.2) is 4.79 Å². The highest BCUT2D eigenvalue weighted by Crippen LogP contribution is 2.43. The molecular weight excluding hydrogens is 821 g/mol. The molecule has 0 heterocycles. The second kappa shape index (κ2) is 15.8. The number of nitrogens with zero attached hydrogens (tertiary/aromatic N) is 4. The summed E-state index contributed by atoms with van der Waals surface area (Å²) in [7, 11) is -13.0. The van der Waals surface area contributed by atoms with E-state index in [9.17, 15) is 53.9 Å². The smallest absolute Gasteiger partial charge is 0.323 e. The lowest BCUT2D eigenvalue weighted by Crippen LogP contribution is -2.19. The zero-order chi connectivity index (χ0) is 42.2. The van der Waals surface area contributed by atoms with Crippen LogP contribution in [0.4, 0.5) is 33.2 Å². The molecule has 300 valence electrons. The fraction of sp³-hybridized carbons (Fsp3) is 0.0833. The third kappa shape index (κ3) is 8.86. The van der Waals surface area contributed by atoms with Crippen molar-refractivity contribution in [3.8, 4) is 17.2 Å². The van der Waals surface area contributed by atoms with Crippen LogP contribution in [0.3, 0.4) is 0 Å². The molecule has 2 amide bonds. The number of phenols is 2. The molecular formula is C36H30N6O13S3. The van der Waals surface area contributed by atoms with E-state index in [0.29, 0.717) is 11.3 Å². The predicted molar refractivity (Wildman–Crippen MR) is 210 cm³/mol. The lowest BCUT2D eigenvalue weighted by molar-refractivity contribution is 0.262. The Kier molecular flexibility index (Phi) is 11.2. The number of amides is 2. The van der Waals surface area contributed by atoms with Crippen LogP contribution >= 0.6 is 0 Å². The number of urea groups is 1. The number of ether oxygens (including phenoxy) is 1. The first-order chi connectivity index (χ1) is 27.2. The summed E-state index contributed by atoms with van der Waals surface area (Å²) in [5.74, 6) is -0.809. The zero-order valence-corrected chi connectivity index (χ0v) is 32.3. The number of azo groups is 2. The van der Waals surface area contributed by atoms with Crippen molar-refractivity contribution >= 4 is 86.4 Å². The summed E-state index contributed by atoms with van der Waals surface area (Å²) in [4.78, 5) is 11.0. The summed E-state index contributed by atoms with van der Waals surface area (Å²) in [5.41, 5.74) is -0.0638. The average Bonchev–Trinajstić information content (AvgIpc) is 3.14. The summed E-state index contributed by atoms with van der Waals surface area (Å²) in [6.07, 6.45) is 0. The van der Waals surface area contributed by atoms with Gasteiger partial charge in [-0.1, -0.05) is 18.2 Å². The van der Waals surface area contributed by atoms with E-state index in [-0.39, 0.29) is 50.7 Å². The minimum absolute atomic E-state index is 0.0327. The topological polar surface area (TPSA) is 303 Å². The molecule has 0 unspecified atom stereocenters. The number of phenolic OH excluding ortho intramolecular Hbond substituents is 2. The van der Waals surface area contributed by atoms with Crippen molar-refractivity contribution in [2.75, 3.05) is 17.7 Å². The largest absolute Gasteiger partial charge is 0.505 e. The Labute approximate surface area is 329 Å². The highest BCUT2D eigenvalue weighted by molar-refractivity contribution is 7.86. The van der Waals surface area contributed by atoms with Gasteiger partial charge in [0.15, 0.2) is 11.5 Å². The minimum Gasteiger partial charge on any atom is -0.505 e. The first-order valence-corrected chi connectivity index (χ1v) is 20.7. The van der Waals surface area contributed by atoms with Gasteiger partial charge in [0, 0.05) is 27.7 Å². The van der Waals surface area contributed by atoms with E-state index in [4.69, 9.17) is 4.74 Å². The number of para-hydroxylation sites is 1. The second-order valence-electron chi connectivity index (χ2n) is 12.4. The Morgan fingerprint density at radius 1 is 0.655 bits per heavy atom. The van der Waals surface area contributed by atoms with Gasteiger partial charge < -0.3 is 25.6 Å². The monoisotopic (exact) mass is 850 g/mol. The molecule has 6 aromatic carbocycles. The number of carbonyl (C=O) groups excluding carboxylic acids is 1. The molecule has 0 atom stereocenters. The molecule has 0 saturated carbocycles. The molecule has 19 nitrogen and oxygen atoms in total. The lowest BCUT2D eigenvalue weighted by Gasteiger charge is -2.13. The lowest BCUT2D eigenvalue weighted by atomic mass is 10.1. The number of methoxy groups -OCH3 is 1. The molecule has 58 heavy (non-hydrogen) atoms. The Hall–Kier alpha value is -6.56. The second-order valence-corrected chi connectivity index (χ2v) is 16.6.